The lowest BCUT2D eigenvalue weighted by Crippen LogP contribution is -2.48. The van der Waals surface area contributed by atoms with E-state index in [-0.39, 0.29) is 31.3 Å². The van der Waals surface area contributed by atoms with Crippen LogP contribution < -0.4 is 5.32 Å². The quantitative estimate of drug-likeness (QED) is 0.629. The molecule has 0 heterocycles. The second kappa shape index (κ2) is 7.22. The first kappa shape index (κ1) is 14.9. The third-order valence-electron chi connectivity index (χ3n) is 2.43. The number of ether oxygens (including phenoxy) is 1. The smallest absolute Gasteiger partial charge is 0.306 e. The predicted molar refractivity (Wildman–Crippen MR) is 59.8 cm³/mol. The summed E-state index contributed by atoms with van der Waals surface area (Å²) in [5, 5.41) is 11.8. The van der Waals surface area contributed by atoms with Gasteiger partial charge >= 0.3 is 5.97 Å². The number of carbonyl (C=O) groups excluding carboxylic acids is 2. The van der Waals surface area contributed by atoms with Crippen molar-refractivity contribution in [3.63, 3.8) is 0 Å². The third-order valence-corrected chi connectivity index (χ3v) is 2.43. The average molecular weight is 231 g/mol. The number of aliphatic hydroxyl groups is 1. The summed E-state index contributed by atoms with van der Waals surface area (Å²) in [6.07, 6.45) is 0.800. The van der Waals surface area contributed by atoms with Crippen molar-refractivity contribution in [2.75, 3.05) is 13.2 Å². The number of amides is 1. The number of esters is 1. The van der Waals surface area contributed by atoms with Gasteiger partial charge in [0.25, 0.3) is 0 Å². The lowest BCUT2D eigenvalue weighted by Gasteiger charge is -2.27. The zero-order valence-corrected chi connectivity index (χ0v) is 10.2. The van der Waals surface area contributed by atoms with Gasteiger partial charge in [-0.2, -0.15) is 0 Å². The van der Waals surface area contributed by atoms with Crippen LogP contribution in [-0.4, -0.2) is 35.7 Å². The highest BCUT2D eigenvalue weighted by Gasteiger charge is 2.23. The average Bonchev–Trinajstić information content (AvgIpc) is 2.26. The van der Waals surface area contributed by atoms with E-state index in [9.17, 15) is 9.59 Å². The molecule has 1 amide bonds. The minimum absolute atomic E-state index is 0.0743. The Morgan fingerprint density at radius 3 is 2.38 bits per heavy atom. The Hall–Kier alpha value is -1.10. The molecule has 0 saturated carbocycles. The van der Waals surface area contributed by atoms with Gasteiger partial charge in [0, 0.05) is 6.42 Å². The molecule has 0 aromatic heterocycles. The van der Waals surface area contributed by atoms with Crippen molar-refractivity contribution in [2.24, 2.45) is 0 Å². The Bertz CT molecular complexity index is 236. The van der Waals surface area contributed by atoms with Crippen molar-refractivity contribution in [1.82, 2.24) is 5.32 Å². The Kier molecular flexibility index (Phi) is 6.72. The fraction of sp³-hybridized carbons (Fsp3) is 0.818. The van der Waals surface area contributed by atoms with E-state index in [1.165, 1.54) is 0 Å². The fourth-order valence-corrected chi connectivity index (χ4v) is 1.09. The van der Waals surface area contributed by atoms with Crippen LogP contribution in [0.5, 0.6) is 0 Å². The van der Waals surface area contributed by atoms with Crippen LogP contribution in [0.25, 0.3) is 0 Å². The molecule has 5 heteroatoms. The standard InChI is InChI=1S/C11H21NO4/c1-4-11(3,8-13)12-9(14)6-7-10(15)16-5-2/h13H,4-8H2,1-3H3,(H,12,14). The van der Waals surface area contributed by atoms with Crippen molar-refractivity contribution in [1.29, 1.82) is 0 Å². The minimum Gasteiger partial charge on any atom is -0.466 e. The topological polar surface area (TPSA) is 75.6 Å². The molecule has 0 aliphatic carbocycles. The fourth-order valence-electron chi connectivity index (χ4n) is 1.09. The summed E-state index contributed by atoms with van der Waals surface area (Å²) in [5.74, 6) is -0.619. The zero-order valence-electron chi connectivity index (χ0n) is 10.2. The van der Waals surface area contributed by atoms with Crippen LogP contribution in [0, 0.1) is 0 Å². The van der Waals surface area contributed by atoms with Crippen LogP contribution in [0.3, 0.4) is 0 Å². The SMILES string of the molecule is CCOC(=O)CCC(=O)NC(C)(CC)CO. The molecule has 94 valence electrons. The molecule has 1 atom stereocenters. The van der Waals surface area contributed by atoms with Gasteiger partial charge in [-0.15, -0.1) is 0 Å². The lowest BCUT2D eigenvalue weighted by atomic mass is 10.00. The summed E-state index contributed by atoms with van der Waals surface area (Å²) in [4.78, 5) is 22.5. The van der Waals surface area contributed by atoms with E-state index < -0.39 is 5.54 Å². The second-order valence-electron chi connectivity index (χ2n) is 3.93. The Morgan fingerprint density at radius 1 is 1.31 bits per heavy atom. The molecule has 0 aromatic carbocycles. The summed E-state index contributed by atoms with van der Waals surface area (Å²) in [5.41, 5.74) is -0.605. The summed E-state index contributed by atoms with van der Waals surface area (Å²) in [6.45, 7) is 5.56. The molecule has 16 heavy (non-hydrogen) atoms. The van der Waals surface area contributed by atoms with Crippen molar-refractivity contribution in [3.05, 3.63) is 0 Å². The van der Waals surface area contributed by atoms with Crippen LogP contribution >= 0.6 is 0 Å². The molecule has 0 aliphatic heterocycles. The van der Waals surface area contributed by atoms with Gasteiger partial charge in [0.2, 0.25) is 5.91 Å². The van der Waals surface area contributed by atoms with Gasteiger partial charge in [-0.05, 0) is 20.3 Å². The van der Waals surface area contributed by atoms with Crippen LogP contribution in [0.2, 0.25) is 0 Å². The molecule has 0 bridgehead atoms. The van der Waals surface area contributed by atoms with Gasteiger partial charge in [0.1, 0.15) is 0 Å². The highest BCUT2D eigenvalue weighted by atomic mass is 16.5. The molecule has 0 radical (unpaired) electrons. The molecule has 0 fully saturated rings. The predicted octanol–water partition coefficient (Wildman–Crippen LogP) is 0.607. The maximum atomic E-state index is 11.5. The van der Waals surface area contributed by atoms with Gasteiger partial charge in [0.15, 0.2) is 0 Å². The number of hydrogen-bond donors (Lipinski definition) is 2. The van der Waals surface area contributed by atoms with Gasteiger partial charge in [-0.25, -0.2) is 0 Å². The monoisotopic (exact) mass is 231 g/mol. The van der Waals surface area contributed by atoms with Crippen LogP contribution in [0.1, 0.15) is 40.0 Å². The molecule has 2 N–H and O–H groups in total. The Labute approximate surface area is 96.2 Å². The first-order chi connectivity index (χ1) is 7.47. The molecule has 5 nitrogen and oxygen atoms in total. The summed E-state index contributed by atoms with van der Waals surface area (Å²) >= 11 is 0. The molecule has 0 aromatic rings. The third kappa shape index (κ3) is 5.70. The van der Waals surface area contributed by atoms with E-state index in [1.54, 1.807) is 13.8 Å². The number of nitrogens with one attached hydrogen (secondary N) is 1. The van der Waals surface area contributed by atoms with Crippen LogP contribution in [0.4, 0.5) is 0 Å². The highest BCUT2D eigenvalue weighted by molar-refractivity contribution is 5.81. The number of carbonyl (C=O) groups is 2. The van der Waals surface area contributed by atoms with Crippen LogP contribution in [0.15, 0.2) is 0 Å². The largest absolute Gasteiger partial charge is 0.466 e. The van der Waals surface area contributed by atoms with E-state index in [0.29, 0.717) is 13.0 Å². The lowest BCUT2D eigenvalue weighted by molar-refractivity contribution is -0.144. The van der Waals surface area contributed by atoms with E-state index >= 15 is 0 Å². The van der Waals surface area contributed by atoms with Crippen LogP contribution in [-0.2, 0) is 14.3 Å². The Morgan fingerprint density at radius 2 is 1.94 bits per heavy atom. The van der Waals surface area contributed by atoms with E-state index in [4.69, 9.17) is 9.84 Å². The van der Waals surface area contributed by atoms with Gasteiger partial charge < -0.3 is 15.2 Å². The molecular weight excluding hydrogens is 210 g/mol. The first-order valence-electron chi connectivity index (χ1n) is 5.55. The summed E-state index contributed by atoms with van der Waals surface area (Å²) in [6, 6.07) is 0. The van der Waals surface area contributed by atoms with Gasteiger partial charge in [-0.3, -0.25) is 9.59 Å². The summed E-state index contributed by atoms with van der Waals surface area (Å²) < 4.78 is 4.71. The zero-order chi connectivity index (χ0) is 12.6. The van der Waals surface area contributed by atoms with E-state index in [1.807, 2.05) is 6.92 Å². The number of hydrogen-bond acceptors (Lipinski definition) is 4. The normalized spacial score (nSPS) is 14.0. The number of aliphatic hydroxyl groups excluding tert-OH is 1. The molecule has 0 saturated heterocycles. The molecule has 0 rings (SSSR count). The second-order valence-corrected chi connectivity index (χ2v) is 3.93. The number of rotatable bonds is 7. The maximum Gasteiger partial charge on any atom is 0.306 e. The van der Waals surface area contributed by atoms with Crippen molar-refractivity contribution < 1.29 is 19.4 Å². The molecule has 1 unspecified atom stereocenters. The molecular formula is C11H21NO4. The molecule has 0 spiro atoms. The first-order valence-corrected chi connectivity index (χ1v) is 5.55. The van der Waals surface area contributed by atoms with Gasteiger partial charge in [0.05, 0.1) is 25.2 Å². The van der Waals surface area contributed by atoms with Crippen molar-refractivity contribution >= 4 is 11.9 Å². The van der Waals surface area contributed by atoms with Gasteiger partial charge in [-0.1, -0.05) is 6.92 Å². The molecule has 0 aliphatic rings. The van der Waals surface area contributed by atoms with Crippen molar-refractivity contribution in [2.45, 2.75) is 45.6 Å². The Balaban J connectivity index is 3.95. The van der Waals surface area contributed by atoms with Crippen molar-refractivity contribution in [3.8, 4) is 0 Å². The van der Waals surface area contributed by atoms with E-state index in [2.05, 4.69) is 5.32 Å². The maximum absolute atomic E-state index is 11.5. The van der Waals surface area contributed by atoms with E-state index in [0.717, 1.165) is 0 Å². The minimum atomic E-state index is -0.605. The highest BCUT2D eigenvalue weighted by Crippen LogP contribution is 2.08. The summed E-state index contributed by atoms with van der Waals surface area (Å²) in [7, 11) is 0.